The minimum absolute atomic E-state index is 0.0126. The number of hydrogen-bond donors (Lipinski definition) is 2. The van der Waals surface area contributed by atoms with E-state index in [0.29, 0.717) is 50.7 Å². The quantitative estimate of drug-likeness (QED) is 0.271. The molecule has 1 aliphatic heterocycles. The van der Waals surface area contributed by atoms with E-state index in [1.807, 2.05) is 0 Å². The topological polar surface area (TPSA) is 105 Å². The molecule has 5 rings (SSSR count). The van der Waals surface area contributed by atoms with Gasteiger partial charge in [-0.3, -0.25) is 14.4 Å². The van der Waals surface area contributed by atoms with Gasteiger partial charge in [-0.1, -0.05) is 72.4 Å². The van der Waals surface area contributed by atoms with Gasteiger partial charge in [-0.05, 0) is 59.9 Å². The second kappa shape index (κ2) is 12.6. The van der Waals surface area contributed by atoms with E-state index >= 15 is 0 Å². The zero-order valence-corrected chi connectivity index (χ0v) is 23.9. The third-order valence-corrected chi connectivity index (χ3v) is 8.31. The number of rotatable bonds is 7. The summed E-state index contributed by atoms with van der Waals surface area (Å²) >= 11 is 12.9. The van der Waals surface area contributed by atoms with Crippen molar-refractivity contribution in [3.63, 3.8) is 0 Å². The molecule has 10 heteroatoms. The van der Waals surface area contributed by atoms with Crippen molar-refractivity contribution in [1.82, 2.24) is 10.4 Å². The first-order chi connectivity index (χ1) is 19.8. The van der Waals surface area contributed by atoms with Gasteiger partial charge in [0.15, 0.2) is 0 Å². The molecule has 0 radical (unpaired) electrons. The molecule has 3 aromatic rings. The summed E-state index contributed by atoms with van der Waals surface area (Å²) in [6.07, 6.45) is 2.12. The first kappa shape index (κ1) is 29.1. The number of nitrogens with zero attached hydrogens (tertiary/aromatic N) is 1. The van der Waals surface area contributed by atoms with Gasteiger partial charge >= 0.3 is 5.97 Å². The Morgan fingerprint density at radius 1 is 1.00 bits per heavy atom. The highest BCUT2D eigenvalue weighted by atomic mass is 35.5. The average Bonchev–Trinajstić information content (AvgIpc) is 2.97. The normalized spacial score (nSPS) is 22.1. The number of benzene rings is 3. The number of halogens is 2. The Hall–Kier alpha value is -3.43. The van der Waals surface area contributed by atoms with E-state index in [1.54, 1.807) is 71.6 Å². The molecule has 1 aliphatic carbocycles. The molecule has 0 saturated heterocycles. The SMILES string of the molecule is COC(=O)c1cccc(CONC(=O)[C@@H]2c3ccccc3C(=O)N([C@H]3CCCC[C@@H]3O)[C@H]2c2ccc(Cl)cc2Cl)c1. The number of aliphatic hydroxyl groups excluding tert-OH is 1. The Balaban J connectivity index is 1.51. The number of ether oxygens (including phenoxy) is 1. The summed E-state index contributed by atoms with van der Waals surface area (Å²) in [5.41, 5.74) is 5.03. The molecule has 0 bridgehead atoms. The number of hydrogen-bond acceptors (Lipinski definition) is 6. The minimum Gasteiger partial charge on any atom is -0.465 e. The number of esters is 1. The molecular weight excluding hydrogens is 567 g/mol. The lowest BCUT2D eigenvalue weighted by Crippen LogP contribution is -2.55. The maximum Gasteiger partial charge on any atom is 0.337 e. The van der Waals surface area contributed by atoms with Crippen LogP contribution in [0.2, 0.25) is 10.0 Å². The second-order valence-electron chi connectivity index (χ2n) is 10.3. The first-order valence-electron chi connectivity index (χ1n) is 13.4. The molecule has 214 valence electrons. The van der Waals surface area contributed by atoms with E-state index in [-0.39, 0.29) is 12.5 Å². The number of carbonyl (C=O) groups is 3. The van der Waals surface area contributed by atoms with Gasteiger partial charge in [-0.2, -0.15) is 0 Å². The van der Waals surface area contributed by atoms with Crippen molar-refractivity contribution in [2.24, 2.45) is 0 Å². The van der Waals surface area contributed by atoms with Gasteiger partial charge in [0.1, 0.15) is 0 Å². The van der Waals surface area contributed by atoms with Crippen molar-refractivity contribution in [3.8, 4) is 0 Å². The molecule has 3 aromatic carbocycles. The van der Waals surface area contributed by atoms with Crippen molar-refractivity contribution < 1.29 is 29.1 Å². The third kappa shape index (κ3) is 5.97. The zero-order chi connectivity index (χ0) is 29.1. The molecule has 8 nitrogen and oxygen atoms in total. The van der Waals surface area contributed by atoms with Crippen molar-refractivity contribution >= 4 is 41.0 Å². The molecule has 4 atom stereocenters. The van der Waals surface area contributed by atoms with Crippen LogP contribution in [0.5, 0.6) is 0 Å². The molecule has 1 fully saturated rings. The Bertz CT molecular complexity index is 1460. The molecule has 41 heavy (non-hydrogen) atoms. The van der Waals surface area contributed by atoms with Crippen LogP contribution in [0.25, 0.3) is 0 Å². The van der Waals surface area contributed by atoms with E-state index in [9.17, 15) is 19.5 Å². The van der Waals surface area contributed by atoms with Crippen molar-refractivity contribution in [1.29, 1.82) is 0 Å². The van der Waals surface area contributed by atoms with Crippen LogP contribution in [0, 0.1) is 0 Å². The fourth-order valence-electron chi connectivity index (χ4n) is 5.85. The molecule has 0 spiro atoms. The number of nitrogens with one attached hydrogen (secondary N) is 1. The van der Waals surface area contributed by atoms with Gasteiger partial charge in [0.05, 0.1) is 43.4 Å². The molecule has 2 N–H and O–H groups in total. The Labute approximate surface area is 248 Å². The van der Waals surface area contributed by atoms with Crippen LogP contribution in [0.15, 0.2) is 66.7 Å². The van der Waals surface area contributed by atoms with Crippen LogP contribution in [0.1, 0.15) is 75.0 Å². The first-order valence-corrected chi connectivity index (χ1v) is 14.2. The number of aliphatic hydroxyl groups is 1. The Kier molecular flexibility index (Phi) is 8.94. The van der Waals surface area contributed by atoms with E-state index in [1.165, 1.54) is 7.11 Å². The zero-order valence-electron chi connectivity index (χ0n) is 22.4. The van der Waals surface area contributed by atoms with E-state index in [4.69, 9.17) is 32.8 Å². The van der Waals surface area contributed by atoms with Gasteiger partial charge in [0.2, 0.25) is 0 Å². The predicted molar refractivity (Wildman–Crippen MR) is 154 cm³/mol. The summed E-state index contributed by atoms with van der Waals surface area (Å²) < 4.78 is 4.78. The van der Waals surface area contributed by atoms with Gasteiger partial charge in [0, 0.05) is 15.6 Å². The van der Waals surface area contributed by atoms with E-state index < -0.39 is 36.0 Å². The number of carbonyl (C=O) groups excluding carboxylic acids is 3. The maximum atomic E-state index is 14.0. The lowest BCUT2D eigenvalue weighted by atomic mass is 9.77. The lowest BCUT2D eigenvalue weighted by Gasteiger charge is -2.48. The summed E-state index contributed by atoms with van der Waals surface area (Å²) in [6.45, 7) is -0.0126. The van der Waals surface area contributed by atoms with Crippen molar-refractivity contribution in [2.75, 3.05) is 7.11 Å². The monoisotopic (exact) mass is 596 g/mol. The van der Waals surface area contributed by atoms with Crippen LogP contribution < -0.4 is 5.48 Å². The summed E-state index contributed by atoms with van der Waals surface area (Å²) in [4.78, 5) is 47.2. The van der Waals surface area contributed by atoms with E-state index in [2.05, 4.69) is 5.48 Å². The fourth-order valence-corrected chi connectivity index (χ4v) is 6.37. The number of fused-ring (bicyclic) bond motifs is 1. The standard InChI is InChI=1S/C31H30Cl2N2O6/c1-40-31(39)19-8-6-7-18(15-19)17-41-34-29(37)27-21-9-2-3-10-22(21)30(38)35(25-11-4-5-12-26(25)36)28(27)23-14-13-20(32)16-24(23)33/h2-3,6-10,13-16,25-28,36H,4-5,11-12,17H2,1H3,(H,34,37)/t25-,26-,27+,28-/m0/s1. The summed E-state index contributed by atoms with van der Waals surface area (Å²) in [5.74, 6) is -2.14. The number of amides is 2. The van der Waals surface area contributed by atoms with Gasteiger partial charge in [0.25, 0.3) is 11.8 Å². The molecular formula is C31H30Cl2N2O6. The van der Waals surface area contributed by atoms with Crippen LogP contribution >= 0.6 is 23.2 Å². The van der Waals surface area contributed by atoms with Gasteiger partial charge in [-0.25, -0.2) is 10.3 Å². The van der Waals surface area contributed by atoms with Gasteiger partial charge < -0.3 is 14.7 Å². The lowest BCUT2D eigenvalue weighted by molar-refractivity contribution is -0.138. The van der Waals surface area contributed by atoms with Crippen LogP contribution in [-0.2, 0) is 21.0 Å². The molecule has 2 aliphatic rings. The van der Waals surface area contributed by atoms with Crippen LogP contribution in [0.4, 0.5) is 0 Å². The Morgan fingerprint density at radius 3 is 2.54 bits per heavy atom. The average molecular weight is 597 g/mol. The second-order valence-corrected chi connectivity index (χ2v) is 11.1. The highest BCUT2D eigenvalue weighted by Gasteiger charge is 2.49. The van der Waals surface area contributed by atoms with E-state index in [0.717, 1.165) is 12.8 Å². The van der Waals surface area contributed by atoms with Crippen LogP contribution in [0.3, 0.4) is 0 Å². The smallest absolute Gasteiger partial charge is 0.337 e. The van der Waals surface area contributed by atoms with Crippen molar-refractivity contribution in [3.05, 3.63) is 105 Å². The predicted octanol–water partition coefficient (Wildman–Crippen LogP) is 5.61. The minimum atomic E-state index is -0.905. The highest BCUT2D eigenvalue weighted by Crippen LogP contribution is 2.47. The number of methoxy groups -OCH3 is 1. The number of hydroxylamine groups is 1. The summed E-state index contributed by atoms with van der Waals surface area (Å²) in [6, 6.07) is 17.3. The van der Waals surface area contributed by atoms with Crippen molar-refractivity contribution in [2.45, 2.75) is 56.4 Å². The molecule has 0 unspecified atom stereocenters. The largest absolute Gasteiger partial charge is 0.465 e. The van der Waals surface area contributed by atoms with Crippen LogP contribution in [-0.4, -0.2) is 47.0 Å². The molecule has 0 aromatic heterocycles. The fraction of sp³-hybridized carbons (Fsp3) is 0.323. The third-order valence-electron chi connectivity index (χ3n) is 7.75. The van der Waals surface area contributed by atoms with Gasteiger partial charge in [-0.15, -0.1) is 0 Å². The molecule has 2 amide bonds. The molecule has 1 saturated carbocycles. The molecule has 1 heterocycles. The highest BCUT2D eigenvalue weighted by molar-refractivity contribution is 6.35. The Morgan fingerprint density at radius 2 is 1.78 bits per heavy atom. The summed E-state index contributed by atoms with van der Waals surface area (Å²) in [7, 11) is 1.30. The summed E-state index contributed by atoms with van der Waals surface area (Å²) in [5, 5.41) is 11.8. The maximum absolute atomic E-state index is 14.0.